The van der Waals surface area contributed by atoms with Crippen molar-refractivity contribution in [2.75, 3.05) is 13.7 Å². The molecule has 2 aromatic heterocycles. The Kier molecular flexibility index (Phi) is 4.29. The molecule has 0 aliphatic rings. The number of nitrogens with zero attached hydrogens (tertiary/aromatic N) is 4. The molecule has 2 aromatic rings. The smallest absolute Gasteiger partial charge is 0.332 e. The molecular formula is C13H21N5O3. The molecule has 8 heteroatoms. The highest BCUT2D eigenvalue weighted by molar-refractivity contribution is 5.71. The van der Waals surface area contributed by atoms with Crippen LogP contribution in [0.15, 0.2) is 9.59 Å². The van der Waals surface area contributed by atoms with Crippen molar-refractivity contribution >= 4 is 11.2 Å². The number of hydrogen-bond acceptors (Lipinski definition) is 5. The molecule has 8 nitrogen and oxygen atoms in total. The molecule has 0 aliphatic heterocycles. The van der Waals surface area contributed by atoms with Crippen LogP contribution >= 0.6 is 0 Å². The summed E-state index contributed by atoms with van der Waals surface area (Å²) in [5, 5.41) is 0. The maximum Gasteiger partial charge on any atom is 0.332 e. The van der Waals surface area contributed by atoms with Gasteiger partial charge >= 0.3 is 5.69 Å². The first-order chi connectivity index (χ1) is 9.93. The highest BCUT2D eigenvalue weighted by Gasteiger charge is 2.21. The van der Waals surface area contributed by atoms with Gasteiger partial charge in [-0.15, -0.1) is 0 Å². The lowest BCUT2D eigenvalue weighted by atomic mass is 10.3. The van der Waals surface area contributed by atoms with Gasteiger partial charge in [-0.25, -0.2) is 9.78 Å². The summed E-state index contributed by atoms with van der Waals surface area (Å²) in [6.07, 6.45) is 0. The van der Waals surface area contributed by atoms with Gasteiger partial charge in [0.2, 0.25) is 0 Å². The van der Waals surface area contributed by atoms with Gasteiger partial charge in [0, 0.05) is 33.3 Å². The zero-order valence-corrected chi connectivity index (χ0v) is 12.8. The predicted octanol–water partition coefficient (Wildman–Crippen LogP) is -0.417. The molecule has 0 atom stereocenters. The number of imidazole rings is 1. The largest absolute Gasteiger partial charge is 0.377 e. The normalized spacial score (nSPS) is 11.7. The minimum Gasteiger partial charge on any atom is -0.377 e. The molecule has 2 rings (SSSR count). The van der Waals surface area contributed by atoms with Crippen molar-refractivity contribution in [2.24, 2.45) is 12.8 Å². The summed E-state index contributed by atoms with van der Waals surface area (Å²) in [4.78, 5) is 29.2. The molecular weight excluding hydrogens is 274 g/mol. The Labute approximate surface area is 121 Å². The molecule has 0 fully saturated rings. The van der Waals surface area contributed by atoms with Crippen molar-refractivity contribution in [3.63, 3.8) is 0 Å². The first-order valence-electron chi connectivity index (χ1n) is 6.83. The highest BCUT2D eigenvalue weighted by Crippen LogP contribution is 2.15. The summed E-state index contributed by atoms with van der Waals surface area (Å²) in [5.74, 6) is 0.593. The molecule has 0 aromatic carbocycles. The second kappa shape index (κ2) is 5.82. The Bertz CT molecular complexity index is 769. The van der Waals surface area contributed by atoms with Crippen molar-refractivity contribution < 1.29 is 4.74 Å². The molecule has 0 saturated carbocycles. The Morgan fingerprint density at radius 3 is 2.52 bits per heavy atom. The number of nitrogens with two attached hydrogens (primary N) is 1. The van der Waals surface area contributed by atoms with E-state index in [1.165, 1.54) is 11.6 Å². The van der Waals surface area contributed by atoms with Crippen LogP contribution in [-0.4, -0.2) is 32.3 Å². The third-order valence-electron chi connectivity index (χ3n) is 3.40. The van der Waals surface area contributed by atoms with E-state index in [1.54, 1.807) is 11.7 Å². The van der Waals surface area contributed by atoms with E-state index in [0.29, 0.717) is 30.1 Å². The standard InChI is InChI=1S/C13H21N5O3/c1-8(2)18-11-10(12(19)16(3)13(18)20)17(6-5-14)9(15-11)7-21-4/h8H,5-7,14H2,1-4H3. The number of aromatic nitrogens is 4. The molecule has 2 heterocycles. The number of rotatable bonds is 5. The minimum atomic E-state index is -0.371. The maximum atomic E-state index is 12.4. The van der Waals surface area contributed by atoms with Gasteiger partial charge in [0.05, 0.1) is 0 Å². The van der Waals surface area contributed by atoms with Crippen LogP contribution in [0.3, 0.4) is 0 Å². The quantitative estimate of drug-likeness (QED) is 0.808. The lowest BCUT2D eigenvalue weighted by Gasteiger charge is -2.12. The molecule has 0 unspecified atom stereocenters. The van der Waals surface area contributed by atoms with E-state index in [4.69, 9.17) is 10.5 Å². The van der Waals surface area contributed by atoms with E-state index in [0.717, 1.165) is 4.57 Å². The monoisotopic (exact) mass is 295 g/mol. The SMILES string of the molecule is COCc1nc2c(c(=O)n(C)c(=O)n2C(C)C)n1CCN. The van der Waals surface area contributed by atoms with Crippen LogP contribution in [0, 0.1) is 0 Å². The Balaban J connectivity index is 2.97. The van der Waals surface area contributed by atoms with Crippen LogP contribution in [0.2, 0.25) is 0 Å². The van der Waals surface area contributed by atoms with Gasteiger partial charge in [-0.05, 0) is 13.8 Å². The van der Waals surface area contributed by atoms with Crippen LogP contribution in [-0.2, 0) is 24.9 Å². The average Bonchev–Trinajstić information content (AvgIpc) is 2.75. The van der Waals surface area contributed by atoms with Crippen LogP contribution in [0.4, 0.5) is 0 Å². The second-order valence-electron chi connectivity index (χ2n) is 5.18. The summed E-state index contributed by atoms with van der Waals surface area (Å²) in [7, 11) is 3.03. The fourth-order valence-corrected chi connectivity index (χ4v) is 2.44. The van der Waals surface area contributed by atoms with E-state index in [9.17, 15) is 9.59 Å². The molecule has 21 heavy (non-hydrogen) atoms. The third kappa shape index (κ3) is 2.40. The van der Waals surface area contributed by atoms with Gasteiger partial charge in [0.1, 0.15) is 12.4 Å². The van der Waals surface area contributed by atoms with Crippen LogP contribution in [0.1, 0.15) is 25.7 Å². The van der Waals surface area contributed by atoms with Gasteiger partial charge in [-0.3, -0.25) is 13.9 Å². The Morgan fingerprint density at radius 2 is 2.00 bits per heavy atom. The van der Waals surface area contributed by atoms with Gasteiger partial charge in [-0.1, -0.05) is 0 Å². The molecule has 0 amide bonds. The summed E-state index contributed by atoms with van der Waals surface area (Å²) in [6.45, 7) is 4.82. The van der Waals surface area contributed by atoms with Crippen molar-refractivity contribution in [3.8, 4) is 0 Å². The second-order valence-corrected chi connectivity index (χ2v) is 5.18. The molecule has 0 radical (unpaired) electrons. The van der Waals surface area contributed by atoms with Crippen LogP contribution in [0.5, 0.6) is 0 Å². The number of fused-ring (bicyclic) bond motifs is 1. The van der Waals surface area contributed by atoms with Gasteiger partial charge in [0.15, 0.2) is 11.2 Å². The summed E-state index contributed by atoms with van der Waals surface area (Å²) < 4.78 is 9.48. The van der Waals surface area contributed by atoms with E-state index < -0.39 is 0 Å². The first-order valence-corrected chi connectivity index (χ1v) is 6.83. The van der Waals surface area contributed by atoms with Gasteiger partial charge < -0.3 is 15.0 Å². The Hall–Kier alpha value is -1.93. The van der Waals surface area contributed by atoms with Crippen LogP contribution in [0.25, 0.3) is 11.2 Å². The minimum absolute atomic E-state index is 0.108. The molecule has 2 N–H and O–H groups in total. The van der Waals surface area contributed by atoms with Gasteiger partial charge in [-0.2, -0.15) is 0 Å². The molecule has 0 bridgehead atoms. The lowest BCUT2D eigenvalue weighted by molar-refractivity contribution is 0.174. The topological polar surface area (TPSA) is 97.1 Å². The average molecular weight is 295 g/mol. The third-order valence-corrected chi connectivity index (χ3v) is 3.40. The fourth-order valence-electron chi connectivity index (χ4n) is 2.44. The fraction of sp³-hybridized carbons (Fsp3) is 0.615. The zero-order valence-electron chi connectivity index (χ0n) is 12.8. The van der Waals surface area contributed by atoms with E-state index >= 15 is 0 Å². The molecule has 116 valence electrons. The van der Waals surface area contributed by atoms with Crippen molar-refractivity contribution in [3.05, 3.63) is 26.7 Å². The summed E-state index contributed by atoms with van der Waals surface area (Å²) in [6, 6.07) is -0.108. The van der Waals surface area contributed by atoms with Crippen LogP contribution < -0.4 is 17.0 Å². The van der Waals surface area contributed by atoms with Crippen molar-refractivity contribution in [1.29, 1.82) is 0 Å². The molecule has 0 aliphatic carbocycles. The Morgan fingerprint density at radius 1 is 1.33 bits per heavy atom. The summed E-state index contributed by atoms with van der Waals surface area (Å²) >= 11 is 0. The highest BCUT2D eigenvalue weighted by atomic mass is 16.5. The molecule has 0 spiro atoms. The van der Waals surface area contributed by atoms with Gasteiger partial charge in [0.25, 0.3) is 5.56 Å². The first kappa shape index (κ1) is 15.5. The molecule has 0 saturated heterocycles. The summed E-state index contributed by atoms with van der Waals surface area (Å²) in [5.41, 5.74) is 5.67. The maximum absolute atomic E-state index is 12.4. The number of ether oxygens (including phenoxy) is 1. The number of hydrogen-bond donors (Lipinski definition) is 1. The van der Waals surface area contributed by atoms with Crippen molar-refractivity contribution in [1.82, 2.24) is 18.7 Å². The predicted molar refractivity (Wildman–Crippen MR) is 79.4 cm³/mol. The van der Waals surface area contributed by atoms with Crippen molar-refractivity contribution in [2.45, 2.75) is 33.0 Å². The van der Waals surface area contributed by atoms with E-state index in [1.807, 2.05) is 13.8 Å². The zero-order chi connectivity index (χ0) is 15.7. The number of methoxy groups -OCH3 is 1. The van der Waals surface area contributed by atoms with E-state index in [-0.39, 0.29) is 23.9 Å². The lowest BCUT2D eigenvalue weighted by Crippen LogP contribution is -2.39. The van der Waals surface area contributed by atoms with E-state index in [2.05, 4.69) is 4.98 Å².